The van der Waals surface area contributed by atoms with Crippen LogP contribution in [-0.4, -0.2) is 30.1 Å². The maximum absolute atomic E-state index is 12.1. The maximum atomic E-state index is 12.1. The van der Waals surface area contributed by atoms with Crippen LogP contribution in [0.4, 0.5) is 5.00 Å². The minimum atomic E-state index is -0.946. The highest BCUT2D eigenvalue weighted by molar-refractivity contribution is 7.17. The third-order valence-corrected chi connectivity index (χ3v) is 5.45. The molecule has 7 heteroatoms. The first-order valence-electron chi connectivity index (χ1n) is 7.29. The number of fused-ring (bicyclic) bond motifs is 1. The summed E-state index contributed by atoms with van der Waals surface area (Å²) < 4.78 is 4.84. The summed E-state index contributed by atoms with van der Waals surface area (Å²) in [6.45, 7) is 0. The quantitative estimate of drug-likeness (QED) is 0.828. The summed E-state index contributed by atoms with van der Waals surface area (Å²) in [5, 5.41) is 12.1. The Bertz CT molecular complexity index is 651. The van der Waals surface area contributed by atoms with E-state index in [2.05, 4.69) is 5.32 Å². The number of carbonyl (C=O) groups is 3. The number of amides is 1. The minimum Gasteiger partial charge on any atom is -0.481 e. The molecule has 0 saturated heterocycles. The number of hydrogen-bond acceptors (Lipinski definition) is 5. The molecule has 0 spiro atoms. The van der Waals surface area contributed by atoms with Crippen molar-refractivity contribution in [1.29, 1.82) is 0 Å². The molecule has 1 fully saturated rings. The highest BCUT2D eigenvalue weighted by Gasteiger charge is 2.48. The second-order valence-electron chi connectivity index (χ2n) is 5.68. The zero-order valence-corrected chi connectivity index (χ0v) is 13.0. The number of esters is 1. The Morgan fingerprint density at radius 3 is 2.59 bits per heavy atom. The fraction of sp³-hybridized carbons (Fsp3) is 0.533. The summed E-state index contributed by atoms with van der Waals surface area (Å²) in [5.74, 6) is -2.81. The second kappa shape index (κ2) is 5.72. The fourth-order valence-electron chi connectivity index (χ4n) is 2.93. The second-order valence-corrected chi connectivity index (χ2v) is 6.79. The Balaban J connectivity index is 1.84. The van der Waals surface area contributed by atoms with Crippen molar-refractivity contribution in [2.75, 3.05) is 12.4 Å². The zero-order valence-electron chi connectivity index (χ0n) is 12.2. The van der Waals surface area contributed by atoms with E-state index in [0.717, 1.165) is 36.1 Å². The van der Waals surface area contributed by atoms with Gasteiger partial charge in [-0.25, -0.2) is 4.79 Å². The number of nitrogens with one attached hydrogen (secondary N) is 1. The smallest absolute Gasteiger partial charge is 0.341 e. The number of ether oxygens (including phenoxy) is 1. The molecule has 0 radical (unpaired) electrons. The average molecular weight is 323 g/mol. The van der Waals surface area contributed by atoms with Gasteiger partial charge in [-0.3, -0.25) is 9.59 Å². The molecule has 2 atom stereocenters. The van der Waals surface area contributed by atoms with Crippen molar-refractivity contribution in [3.8, 4) is 0 Å². The molecule has 1 aromatic rings. The number of carboxylic acids is 1. The van der Waals surface area contributed by atoms with E-state index in [9.17, 15) is 14.4 Å². The number of anilines is 1. The largest absolute Gasteiger partial charge is 0.481 e. The van der Waals surface area contributed by atoms with Crippen LogP contribution in [0.25, 0.3) is 0 Å². The molecule has 3 rings (SSSR count). The third kappa shape index (κ3) is 2.61. The van der Waals surface area contributed by atoms with Gasteiger partial charge in [-0.15, -0.1) is 11.3 Å². The van der Waals surface area contributed by atoms with Crippen LogP contribution in [-0.2, 0) is 27.2 Å². The summed E-state index contributed by atoms with van der Waals surface area (Å²) in [5.41, 5.74) is 1.42. The van der Waals surface area contributed by atoms with Crippen molar-refractivity contribution in [1.82, 2.24) is 0 Å². The lowest BCUT2D eigenvalue weighted by Crippen LogP contribution is -2.18. The number of aliphatic carboxylic acids is 1. The van der Waals surface area contributed by atoms with Crippen molar-refractivity contribution >= 4 is 34.2 Å². The van der Waals surface area contributed by atoms with Crippen molar-refractivity contribution in [2.45, 2.75) is 32.1 Å². The number of hydrogen-bond donors (Lipinski definition) is 2. The standard InChI is InChI=1S/C15H17NO5S/c1-21-15(20)11-7-4-2-3-5-10(7)22-13(11)16-12(17)8-6-9(8)14(18)19/h8-9H,2-6H2,1H3,(H,16,17)(H,18,19). The lowest BCUT2D eigenvalue weighted by molar-refractivity contribution is -0.139. The van der Waals surface area contributed by atoms with Crippen LogP contribution in [0, 0.1) is 11.8 Å². The Labute approximate surface area is 131 Å². The van der Waals surface area contributed by atoms with E-state index in [1.165, 1.54) is 18.4 Å². The third-order valence-electron chi connectivity index (χ3n) is 4.24. The maximum Gasteiger partial charge on any atom is 0.341 e. The van der Waals surface area contributed by atoms with Crippen LogP contribution >= 0.6 is 11.3 Å². The van der Waals surface area contributed by atoms with Gasteiger partial charge in [-0.05, 0) is 37.7 Å². The SMILES string of the molecule is COC(=O)c1c(NC(=O)C2CC2C(=O)O)sc2c1CCCC2. The lowest BCUT2D eigenvalue weighted by Gasteiger charge is -2.11. The van der Waals surface area contributed by atoms with Crippen LogP contribution in [0.5, 0.6) is 0 Å². The van der Waals surface area contributed by atoms with Gasteiger partial charge >= 0.3 is 11.9 Å². The molecular weight excluding hydrogens is 306 g/mol. The Hall–Kier alpha value is -1.89. The molecule has 0 aliphatic heterocycles. The van der Waals surface area contributed by atoms with Gasteiger partial charge < -0.3 is 15.2 Å². The van der Waals surface area contributed by atoms with Gasteiger partial charge in [0.2, 0.25) is 5.91 Å². The molecule has 0 aromatic carbocycles. The molecule has 1 heterocycles. The van der Waals surface area contributed by atoms with Crippen LogP contribution < -0.4 is 5.32 Å². The van der Waals surface area contributed by atoms with Crippen molar-refractivity contribution < 1.29 is 24.2 Å². The van der Waals surface area contributed by atoms with Gasteiger partial charge in [0.25, 0.3) is 0 Å². The molecule has 2 aliphatic carbocycles. The van der Waals surface area contributed by atoms with E-state index in [-0.39, 0.29) is 5.91 Å². The van der Waals surface area contributed by atoms with Gasteiger partial charge in [0.05, 0.1) is 24.5 Å². The molecule has 22 heavy (non-hydrogen) atoms. The number of carbonyl (C=O) groups excluding carboxylic acids is 2. The lowest BCUT2D eigenvalue weighted by atomic mass is 9.95. The molecule has 118 valence electrons. The normalized spacial score (nSPS) is 22.6. The Morgan fingerprint density at radius 1 is 1.23 bits per heavy atom. The molecule has 6 nitrogen and oxygen atoms in total. The Kier molecular flexibility index (Phi) is 3.90. The van der Waals surface area contributed by atoms with Crippen LogP contribution in [0.2, 0.25) is 0 Å². The number of carboxylic acid groups (broad SMARTS) is 1. The van der Waals surface area contributed by atoms with Crippen molar-refractivity contribution in [3.63, 3.8) is 0 Å². The van der Waals surface area contributed by atoms with Crippen LogP contribution in [0.1, 0.15) is 40.1 Å². The van der Waals surface area contributed by atoms with E-state index in [1.807, 2.05) is 0 Å². The van der Waals surface area contributed by atoms with Crippen molar-refractivity contribution in [3.05, 3.63) is 16.0 Å². The van der Waals surface area contributed by atoms with E-state index in [0.29, 0.717) is 17.0 Å². The highest BCUT2D eigenvalue weighted by Crippen LogP contribution is 2.42. The first-order chi connectivity index (χ1) is 10.5. The van der Waals surface area contributed by atoms with Crippen LogP contribution in [0.15, 0.2) is 0 Å². The molecule has 0 bridgehead atoms. The number of aryl methyl sites for hydroxylation is 1. The predicted octanol–water partition coefficient (Wildman–Crippen LogP) is 2.07. The summed E-state index contributed by atoms with van der Waals surface area (Å²) >= 11 is 1.41. The van der Waals surface area contributed by atoms with Gasteiger partial charge in [-0.2, -0.15) is 0 Å². The summed E-state index contributed by atoms with van der Waals surface area (Å²) in [6.07, 6.45) is 4.17. The van der Waals surface area contributed by atoms with E-state index in [1.54, 1.807) is 0 Å². The first kappa shape index (κ1) is 15.0. The van der Waals surface area contributed by atoms with Gasteiger partial charge in [0.1, 0.15) is 5.00 Å². The van der Waals surface area contributed by atoms with Gasteiger partial charge in [0.15, 0.2) is 0 Å². The molecule has 1 saturated carbocycles. The summed E-state index contributed by atoms with van der Waals surface area (Å²) in [6, 6.07) is 0. The molecule has 1 aromatic heterocycles. The number of rotatable bonds is 4. The molecule has 1 amide bonds. The first-order valence-corrected chi connectivity index (χ1v) is 8.11. The summed E-state index contributed by atoms with van der Waals surface area (Å²) in [4.78, 5) is 36.2. The number of methoxy groups -OCH3 is 1. The van der Waals surface area contributed by atoms with E-state index >= 15 is 0 Å². The van der Waals surface area contributed by atoms with Gasteiger partial charge in [-0.1, -0.05) is 0 Å². The van der Waals surface area contributed by atoms with E-state index in [4.69, 9.17) is 9.84 Å². The number of thiophene rings is 1. The topological polar surface area (TPSA) is 92.7 Å². The molecule has 2 aliphatic rings. The van der Waals surface area contributed by atoms with Crippen molar-refractivity contribution in [2.24, 2.45) is 11.8 Å². The van der Waals surface area contributed by atoms with E-state index < -0.39 is 23.8 Å². The fourth-order valence-corrected chi connectivity index (χ4v) is 4.21. The predicted molar refractivity (Wildman–Crippen MR) is 80.2 cm³/mol. The van der Waals surface area contributed by atoms with Crippen LogP contribution in [0.3, 0.4) is 0 Å². The Morgan fingerprint density at radius 2 is 1.95 bits per heavy atom. The summed E-state index contributed by atoms with van der Waals surface area (Å²) in [7, 11) is 1.32. The van der Waals surface area contributed by atoms with Gasteiger partial charge in [0, 0.05) is 4.88 Å². The highest BCUT2D eigenvalue weighted by atomic mass is 32.1. The average Bonchev–Trinajstić information content (AvgIpc) is 3.23. The minimum absolute atomic E-state index is 0.323. The molecule has 2 N–H and O–H groups in total. The molecule has 2 unspecified atom stereocenters. The molecular formula is C15H17NO5S. The zero-order chi connectivity index (χ0) is 15.9. The monoisotopic (exact) mass is 323 g/mol.